The van der Waals surface area contributed by atoms with E-state index in [1.165, 1.54) is 49.9 Å². The van der Waals surface area contributed by atoms with Gasteiger partial charge >= 0.3 is 0 Å². The molecule has 0 radical (unpaired) electrons. The molecule has 1 heterocycles. The van der Waals surface area contributed by atoms with E-state index in [4.69, 9.17) is 19.9 Å². The third kappa shape index (κ3) is 10.9. The summed E-state index contributed by atoms with van der Waals surface area (Å²) in [5.74, 6) is 0. The SMILES string of the molecule is CCC(N)COCCC(NCCCNC(CCCCOC1CCC(O)C(CO)O1)=C1CCC1)=C1CCC1. The molecule has 1 aliphatic heterocycles. The van der Waals surface area contributed by atoms with Crippen LogP contribution in [0.1, 0.15) is 96.8 Å². The molecule has 4 atom stereocenters. The number of nitrogens with two attached hydrogens (primary N) is 1. The number of rotatable bonds is 19. The maximum absolute atomic E-state index is 9.81. The van der Waals surface area contributed by atoms with Gasteiger partial charge in [-0.25, -0.2) is 0 Å². The van der Waals surface area contributed by atoms with Gasteiger partial charge in [0, 0.05) is 50.0 Å². The maximum Gasteiger partial charge on any atom is 0.158 e. The molecule has 3 aliphatic rings. The fourth-order valence-corrected chi connectivity index (χ4v) is 4.94. The molecule has 6 N–H and O–H groups in total. The first-order valence-corrected chi connectivity index (χ1v) is 14.9. The van der Waals surface area contributed by atoms with Crippen LogP contribution in [0, 0.1) is 0 Å². The summed E-state index contributed by atoms with van der Waals surface area (Å²) in [7, 11) is 0. The van der Waals surface area contributed by atoms with Crippen LogP contribution in [0.15, 0.2) is 22.5 Å². The third-order valence-corrected chi connectivity index (χ3v) is 7.91. The van der Waals surface area contributed by atoms with E-state index in [9.17, 15) is 10.2 Å². The zero-order chi connectivity index (χ0) is 26.3. The van der Waals surface area contributed by atoms with Crippen LogP contribution in [-0.4, -0.2) is 74.3 Å². The maximum atomic E-state index is 9.81. The van der Waals surface area contributed by atoms with Gasteiger partial charge in [-0.2, -0.15) is 0 Å². The zero-order valence-corrected chi connectivity index (χ0v) is 23.1. The molecule has 2 saturated carbocycles. The van der Waals surface area contributed by atoms with Crippen LogP contribution in [0.25, 0.3) is 0 Å². The Morgan fingerprint density at radius 3 is 2.24 bits per heavy atom. The van der Waals surface area contributed by atoms with Gasteiger partial charge in [0.25, 0.3) is 0 Å². The molecule has 1 saturated heterocycles. The Hall–Kier alpha value is -1.16. The molecule has 3 fully saturated rings. The molecular formula is C29H53N3O5. The van der Waals surface area contributed by atoms with E-state index in [2.05, 4.69) is 17.6 Å². The lowest BCUT2D eigenvalue weighted by Crippen LogP contribution is -2.42. The average Bonchev–Trinajstić information content (AvgIpc) is 2.84. The lowest BCUT2D eigenvalue weighted by Gasteiger charge is -2.32. The normalized spacial score (nSPS) is 24.3. The monoisotopic (exact) mass is 523 g/mol. The quantitative estimate of drug-likeness (QED) is 0.163. The number of hydrogen-bond donors (Lipinski definition) is 5. The largest absolute Gasteiger partial charge is 0.394 e. The molecule has 8 heteroatoms. The van der Waals surface area contributed by atoms with E-state index in [0.717, 1.165) is 58.2 Å². The van der Waals surface area contributed by atoms with E-state index < -0.39 is 12.2 Å². The van der Waals surface area contributed by atoms with Crippen LogP contribution >= 0.6 is 0 Å². The number of aliphatic hydroxyl groups excluding tert-OH is 2. The van der Waals surface area contributed by atoms with Gasteiger partial charge in [-0.1, -0.05) is 18.1 Å². The van der Waals surface area contributed by atoms with Crippen LogP contribution in [-0.2, 0) is 14.2 Å². The van der Waals surface area contributed by atoms with Crippen LogP contribution < -0.4 is 16.4 Å². The Morgan fingerprint density at radius 1 is 0.973 bits per heavy atom. The Morgan fingerprint density at radius 2 is 1.65 bits per heavy atom. The highest BCUT2D eigenvalue weighted by molar-refractivity contribution is 5.19. The van der Waals surface area contributed by atoms with Gasteiger partial charge < -0.3 is 40.8 Å². The van der Waals surface area contributed by atoms with Gasteiger partial charge in [-0.3, -0.25) is 0 Å². The first-order chi connectivity index (χ1) is 18.1. The minimum atomic E-state index is -0.590. The van der Waals surface area contributed by atoms with Crippen molar-refractivity contribution in [2.45, 2.75) is 121 Å². The summed E-state index contributed by atoms with van der Waals surface area (Å²) >= 11 is 0. The Kier molecular flexibility index (Phi) is 14.3. The summed E-state index contributed by atoms with van der Waals surface area (Å²) < 4.78 is 17.3. The minimum absolute atomic E-state index is 0.144. The Labute approximate surface area is 224 Å². The lowest BCUT2D eigenvalue weighted by molar-refractivity contribution is -0.229. The summed E-state index contributed by atoms with van der Waals surface area (Å²) in [5.41, 5.74) is 12.0. The van der Waals surface area contributed by atoms with Crippen molar-refractivity contribution in [2.24, 2.45) is 5.73 Å². The van der Waals surface area contributed by atoms with Crippen molar-refractivity contribution in [2.75, 3.05) is 39.5 Å². The molecular weight excluding hydrogens is 470 g/mol. The summed E-state index contributed by atoms with van der Waals surface area (Å²) in [5, 5.41) is 26.6. The summed E-state index contributed by atoms with van der Waals surface area (Å²) in [6.45, 7) is 5.96. The molecule has 214 valence electrons. The van der Waals surface area contributed by atoms with Crippen LogP contribution in [0.2, 0.25) is 0 Å². The third-order valence-electron chi connectivity index (χ3n) is 7.91. The molecule has 3 rings (SSSR count). The molecule has 0 aromatic heterocycles. The fourth-order valence-electron chi connectivity index (χ4n) is 4.94. The smallest absolute Gasteiger partial charge is 0.158 e. The molecule has 8 nitrogen and oxygen atoms in total. The zero-order valence-electron chi connectivity index (χ0n) is 23.1. The molecule has 0 spiro atoms. The standard InChI is InChI=1S/C29H53N3O5/c1-2-24(30)21-35-19-15-26(23-10-6-11-23)32-17-7-16-31-25(22-8-5-9-22)12-3-4-18-36-29-14-13-27(34)28(20-33)37-29/h24,27-29,31-34H,2-21,30H2,1H3. The minimum Gasteiger partial charge on any atom is -0.394 e. The van der Waals surface area contributed by atoms with E-state index >= 15 is 0 Å². The summed E-state index contributed by atoms with van der Waals surface area (Å²) in [6.07, 6.45) is 13.6. The van der Waals surface area contributed by atoms with Gasteiger partial charge in [0.05, 0.1) is 25.9 Å². The van der Waals surface area contributed by atoms with Crippen molar-refractivity contribution in [1.29, 1.82) is 0 Å². The highest BCUT2D eigenvalue weighted by atomic mass is 16.7. The molecule has 0 bridgehead atoms. The first kappa shape index (κ1) is 30.4. The van der Waals surface area contributed by atoms with Gasteiger partial charge in [0.2, 0.25) is 0 Å². The number of nitrogens with one attached hydrogen (secondary N) is 2. The Bertz CT molecular complexity index is 702. The second kappa shape index (κ2) is 17.4. The van der Waals surface area contributed by atoms with Gasteiger partial charge in [0.1, 0.15) is 6.10 Å². The average molecular weight is 524 g/mol. The first-order valence-electron chi connectivity index (χ1n) is 14.9. The van der Waals surface area contributed by atoms with Crippen molar-refractivity contribution >= 4 is 0 Å². The van der Waals surface area contributed by atoms with Crippen molar-refractivity contribution in [3.05, 3.63) is 22.5 Å². The number of hydrogen-bond acceptors (Lipinski definition) is 8. The van der Waals surface area contributed by atoms with E-state index in [1.807, 2.05) is 0 Å². The summed E-state index contributed by atoms with van der Waals surface area (Å²) in [6, 6.07) is 0.144. The predicted molar refractivity (Wildman–Crippen MR) is 147 cm³/mol. The van der Waals surface area contributed by atoms with E-state index in [0.29, 0.717) is 26.1 Å². The molecule has 0 amide bonds. The number of unbranched alkanes of at least 4 members (excludes halogenated alkanes) is 1. The molecule has 37 heavy (non-hydrogen) atoms. The van der Waals surface area contributed by atoms with Gasteiger partial charge in [-0.15, -0.1) is 0 Å². The topological polar surface area (TPSA) is 118 Å². The fraction of sp³-hybridized carbons (Fsp3) is 0.862. The number of aliphatic hydroxyl groups is 2. The Balaban J connectivity index is 1.28. The number of allylic oxidation sites excluding steroid dienone is 3. The van der Waals surface area contributed by atoms with Crippen LogP contribution in [0.5, 0.6) is 0 Å². The highest BCUT2D eigenvalue weighted by Crippen LogP contribution is 2.30. The lowest BCUT2D eigenvalue weighted by atomic mass is 9.89. The molecule has 4 unspecified atom stereocenters. The van der Waals surface area contributed by atoms with Gasteiger partial charge in [-0.05, 0) is 77.0 Å². The second-order valence-electron chi connectivity index (χ2n) is 10.8. The van der Waals surface area contributed by atoms with Crippen LogP contribution in [0.4, 0.5) is 0 Å². The van der Waals surface area contributed by atoms with E-state index in [1.54, 1.807) is 11.1 Å². The van der Waals surface area contributed by atoms with E-state index in [-0.39, 0.29) is 18.9 Å². The highest BCUT2D eigenvalue weighted by Gasteiger charge is 2.29. The second-order valence-corrected chi connectivity index (χ2v) is 10.8. The molecule has 0 aromatic carbocycles. The van der Waals surface area contributed by atoms with Crippen LogP contribution in [0.3, 0.4) is 0 Å². The molecule has 2 aliphatic carbocycles. The van der Waals surface area contributed by atoms with Crippen molar-refractivity contribution in [3.8, 4) is 0 Å². The van der Waals surface area contributed by atoms with Gasteiger partial charge in [0.15, 0.2) is 6.29 Å². The van der Waals surface area contributed by atoms with Crippen molar-refractivity contribution in [1.82, 2.24) is 10.6 Å². The number of ether oxygens (including phenoxy) is 3. The summed E-state index contributed by atoms with van der Waals surface area (Å²) in [4.78, 5) is 0. The van der Waals surface area contributed by atoms with Crippen molar-refractivity contribution < 1.29 is 24.4 Å². The van der Waals surface area contributed by atoms with Crippen molar-refractivity contribution in [3.63, 3.8) is 0 Å². The molecule has 0 aromatic rings. The predicted octanol–water partition coefficient (Wildman–Crippen LogP) is 3.62.